The molecule has 0 saturated carbocycles. The van der Waals surface area contributed by atoms with E-state index in [0.29, 0.717) is 20.9 Å². The van der Waals surface area contributed by atoms with Crippen LogP contribution in [0, 0.1) is 6.92 Å². The number of hydrogen-bond donors (Lipinski definition) is 1. The van der Waals surface area contributed by atoms with Crippen molar-refractivity contribution in [2.45, 2.75) is 6.92 Å². The summed E-state index contributed by atoms with van der Waals surface area (Å²) in [5.41, 5.74) is -0.175. The Labute approximate surface area is 109 Å². The summed E-state index contributed by atoms with van der Waals surface area (Å²) in [6.45, 7) is 1.63. The van der Waals surface area contributed by atoms with Gasteiger partial charge in [-0.1, -0.05) is 11.6 Å². The Kier molecular flexibility index (Phi) is 3.17. The van der Waals surface area contributed by atoms with Crippen molar-refractivity contribution in [2.24, 2.45) is 0 Å². The molecular formula is C10H7BrClN3O2. The van der Waals surface area contributed by atoms with E-state index in [1.165, 1.54) is 18.5 Å². The molecule has 0 aliphatic carbocycles. The summed E-state index contributed by atoms with van der Waals surface area (Å²) >= 11 is 8.89. The van der Waals surface area contributed by atoms with E-state index in [1.54, 1.807) is 6.92 Å². The molecule has 2 aromatic heterocycles. The third-order valence-electron chi connectivity index (χ3n) is 2.17. The summed E-state index contributed by atoms with van der Waals surface area (Å²) < 4.78 is 1.27. The van der Waals surface area contributed by atoms with Crippen LogP contribution in [-0.2, 0) is 0 Å². The number of aryl methyl sites for hydroxylation is 1. The van der Waals surface area contributed by atoms with Crippen LogP contribution in [0.3, 0.4) is 0 Å². The number of pyridine rings is 1. The molecule has 0 bridgehead atoms. The van der Waals surface area contributed by atoms with Gasteiger partial charge in [-0.3, -0.25) is 9.78 Å². The number of aromatic nitrogens is 3. The van der Waals surface area contributed by atoms with E-state index in [2.05, 4.69) is 25.9 Å². The molecule has 0 radical (unpaired) electrons. The van der Waals surface area contributed by atoms with Crippen molar-refractivity contribution in [3.63, 3.8) is 0 Å². The topological polar surface area (TPSA) is 67.8 Å². The van der Waals surface area contributed by atoms with Crippen LogP contribution < -0.4 is 11.2 Å². The lowest BCUT2D eigenvalue weighted by Crippen LogP contribution is -2.35. The molecule has 0 aromatic carbocycles. The summed E-state index contributed by atoms with van der Waals surface area (Å²) in [5, 5.41) is 0.352. The largest absolute Gasteiger partial charge is 0.333 e. The van der Waals surface area contributed by atoms with E-state index < -0.39 is 11.2 Å². The summed E-state index contributed by atoms with van der Waals surface area (Å²) in [5.74, 6) is 0. The Morgan fingerprint density at radius 1 is 1.41 bits per heavy atom. The lowest BCUT2D eigenvalue weighted by Gasteiger charge is -2.06. The molecule has 0 aliphatic heterocycles. The van der Waals surface area contributed by atoms with Crippen molar-refractivity contribution in [1.82, 2.24) is 14.5 Å². The third-order valence-corrected chi connectivity index (χ3v) is 3.31. The molecule has 1 N–H and O–H groups in total. The van der Waals surface area contributed by atoms with Gasteiger partial charge in [-0.05, 0) is 28.9 Å². The second kappa shape index (κ2) is 4.46. The molecule has 2 aromatic rings. The summed E-state index contributed by atoms with van der Waals surface area (Å²) in [6, 6.07) is 1.49. The Bertz CT molecular complexity index is 693. The Morgan fingerprint density at radius 3 is 2.76 bits per heavy atom. The fourth-order valence-electron chi connectivity index (χ4n) is 1.38. The zero-order chi connectivity index (χ0) is 12.6. The molecule has 0 unspecified atom stereocenters. The highest BCUT2D eigenvalue weighted by Crippen LogP contribution is 2.11. The van der Waals surface area contributed by atoms with Crippen molar-refractivity contribution < 1.29 is 0 Å². The number of aromatic amines is 1. The van der Waals surface area contributed by atoms with Crippen LogP contribution in [0.15, 0.2) is 32.5 Å². The molecule has 0 aliphatic rings. The van der Waals surface area contributed by atoms with E-state index in [4.69, 9.17) is 11.6 Å². The normalized spacial score (nSPS) is 10.5. The molecule has 2 rings (SSSR count). The molecule has 88 valence electrons. The first-order chi connectivity index (χ1) is 8.00. The first-order valence-electron chi connectivity index (χ1n) is 4.63. The molecule has 5 nitrogen and oxygen atoms in total. The van der Waals surface area contributed by atoms with E-state index in [0.717, 1.165) is 4.57 Å². The minimum absolute atomic E-state index is 0.303. The Balaban J connectivity index is 2.82. The molecule has 0 saturated heterocycles. The zero-order valence-corrected chi connectivity index (χ0v) is 11.0. The molecule has 17 heavy (non-hydrogen) atoms. The number of nitrogens with one attached hydrogen (secondary N) is 1. The van der Waals surface area contributed by atoms with E-state index in [1.807, 2.05) is 0 Å². The van der Waals surface area contributed by atoms with Gasteiger partial charge in [0.2, 0.25) is 0 Å². The van der Waals surface area contributed by atoms with Gasteiger partial charge in [0.15, 0.2) is 0 Å². The summed E-state index contributed by atoms with van der Waals surface area (Å²) in [4.78, 5) is 30.1. The molecule has 2 heterocycles. The molecule has 0 fully saturated rings. The predicted molar refractivity (Wildman–Crippen MR) is 67.9 cm³/mol. The van der Waals surface area contributed by atoms with Crippen molar-refractivity contribution in [1.29, 1.82) is 0 Å². The van der Waals surface area contributed by atoms with E-state index in [9.17, 15) is 9.59 Å². The monoisotopic (exact) mass is 315 g/mol. The van der Waals surface area contributed by atoms with Crippen molar-refractivity contribution in [3.05, 3.63) is 54.5 Å². The third kappa shape index (κ3) is 2.18. The maximum atomic E-state index is 11.9. The van der Waals surface area contributed by atoms with Gasteiger partial charge in [-0.25, -0.2) is 9.36 Å². The average molecular weight is 317 g/mol. The Morgan fingerprint density at radius 2 is 2.12 bits per heavy atom. The highest BCUT2D eigenvalue weighted by Gasteiger charge is 2.10. The second-order valence-electron chi connectivity index (χ2n) is 3.37. The molecular weight excluding hydrogens is 309 g/mol. The van der Waals surface area contributed by atoms with Crippen LogP contribution in [0.25, 0.3) is 5.69 Å². The number of nitrogens with zero attached hydrogens (tertiary/aromatic N) is 2. The van der Waals surface area contributed by atoms with Gasteiger partial charge in [0.25, 0.3) is 5.56 Å². The van der Waals surface area contributed by atoms with Gasteiger partial charge in [0.1, 0.15) is 4.47 Å². The lowest BCUT2D eigenvalue weighted by molar-refractivity contribution is 0.843. The van der Waals surface area contributed by atoms with Crippen molar-refractivity contribution >= 4 is 27.5 Å². The predicted octanol–water partition coefficient (Wildman–Crippen LogP) is 1.65. The minimum Gasteiger partial charge on any atom is -0.310 e. The van der Waals surface area contributed by atoms with Crippen LogP contribution in [0.4, 0.5) is 0 Å². The standard InChI is InChI=1S/C10H7BrClN3O2/c1-5-8(11)9(16)15(10(17)14-5)7-2-6(12)3-13-4-7/h2-4H,1H3,(H,14,17). The van der Waals surface area contributed by atoms with E-state index in [-0.39, 0.29) is 0 Å². The van der Waals surface area contributed by atoms with Gasteiger partial charge in [-0.15, -0.1) is 0 Å². The maximum absolute atomic E-state index is 11.9. The van der Waals surface area contributed by atoms with Gasteiger partial charge >= 0.3 is 5.69 Å². The summed E-state index contributed by atoms with van der Waals surface area (Å²) in [7, 11) is 0. The van der Waals surface area contributed by atoms with Crippen LogP contribution in [-0.4, -0.2) is 14.5 Å². The highest BCUT2D eigenvalue weighted by molar-refractivity contribution is 9.10. The fourth-order valence-corrected chi connectivity index (χ4v) is 1.82. The van der Waals surface area contributed by atoms with Gasteiger partial charge in [-0.2, -0.15) is 0 Å². The molecule has 7 heteroatoms. The SMILES string of the molecule is Cc1[nH]c(=O)n(-c2cncc(Cl)c2)c(=O)c1Br. The molecule has 0 atom stereocenters. The number of rotatable bonds is 1. The Hall–Kier alpha value is -1.40. The van der Waals surface area contributed by atoms with Crippen LogP contribution >= 0.6 is 27.5 Å². The second-order valence-corrected chi connectivity index (χ2v) is 4.60. The van der Waals surface area contributed by atoms with Gasteiger partial charge in [0.05, 0.1) is 16.9 Å². The van der Waals surface area contributed by atoms with Crippen molar-refractivity contribution in [3.8, 4) is 5.69 Å². The first kappa shape index (κ1) is 12.1. The molecule has 0 spiro atoms. The van der Waals surface area contributed by atoms with Gasteiger partial charge < -0.3 is 4.98 Å². The quantitative estimate of drug-likeness (QED) is 0.870. The number of halogens is 2. The van der Waals surface area contributed by atoms with Crippen molar-refractivity contribution in [2.75, 3.05) is 0 Å². The van der Waals surface area contributed by atoms with E-state index >= 15 is 0 Å². The maximum Gasteiger partial charge on any atom is 0.333 e. The number of H-pyrrole nitrogens is 1. The summed E-state index contributed by atoms with van der Waals surface area (Å²) in [6.07, 6.45) is 2.82. The minimum atomic E-state index is -0.528. The average Bonchev–Trinajstić information content (AvgIpc) is 2.26. The smallest absolute Gasteiger partial charge is 0.310 e. The number of hydrogen-bond acceptors (Lipinski definition) is 3. The van der Waals surface area contributed by atoms with Crippen LogP contribution in [0.1, 0.15) is 5.69 Å². The van der Waals surface area contributed by atoms with Gasteiger partial charge in [0, 0.05) is 11.9 Å². The fraction of sp³-hybridized carbons (Fsp3) is 0.100. The molecule has 0 amide bonds. The highest BCUT2D eigenvalue weighted by atomic mass is 79.9. The van der Waals surface area contributed by atoms with Crippen LogP contribution in [0.2, 0.25) is 5.02 Å². The van der Waals surface area contributed by atoms with Crippen LogP contribution in [0.5, 0.6) is 0 Å². The first-order valence-corrected chi connectivity index (χ1v) is 5.80. The zero-order valence-electron chi connectivity index (χ0n) is 8.70. The lowest BCUT2D eigenvalue weighted by atomic mass is 10.4.